The van der Waals surface area contributed by atoms with Crippen LogP contribution in [-0.4, -0.2) is 34.3 Å². The van der Waals surface area contributed by atoms with Crippen LogP contribution >= 0.6 is 0 Å². The molecule has 1 rings (SSSR count). The minimum Gasteiger partial charge on any atom is -0.465 e. The molecule has 4 nitrogen and oxygen atoms in total. The van der Waals surface area contributed by atoms with Crippen molar-refractivity contribution in [2.24, 2.45) is 0 Å². The zero-order chi connectivity index (χ0) is 17.7. The Morgan fingerprint density at radius 3 is 2.48 bits per heavy atom. The number of benzene rings is 1. The molecule has 0 amide bonds. The average molecular weight is 337 g/mol. The highest BCUT2D eigenvalue weighted by Gasteiger charge is 2.37. The Morgan fingerprint density at radius 2 is 1.96 bits per heavy atom. The molecule has 0 saturated heterocycles. The smallest absolute Gasteiger partial charge is 0.337 e. The lowest BCUT2D eigenvalue weighted by Crippen LogP contribution is -2.41. The summed E-state index contributed by atoms with van der Waals surface area (Å²) in [5.74, 6) is -0.668. The highest BCUT2D eigenvalue weighted by molar-refractivity contribution is 6.74. The fraction of sp³-hybridized carbons (Fsp3) is 0.556. The first-order valence-electron chi connectivity index (χ1n) is 7.90. The molecule has 1 atom stereocenters. The van der Waals surface area contributed by atoms with E-state index in [-0.39, 0.29) is 11.0 Å². The van der Waals surface area contributed by atoms with Gasteiger partial charge in [-0.05, 0) is 42.2 Å². The zero-order valence-electron chi connectivity index (χ0n) is 15.0. The predicted octanol–water partition coefficient (Wildman–Crippen LogP) is 4.17. The lowest BCUT2D eigenvalue weighted by molar-refractivity contribution is -0.109. The van der Waals surface area contributed by atoms with E-state index in [9.17, 15) is 9.59 Å². The standard InChI is InChI=1S/C18H28O4Si/c1-18(2,3)23(5,6)22-11-10-16(13-19)14-8-7-9-15(12-14)17(20)21-4/h7-9,12-13,16H,10-11H2,1-6H3. The molecule has 0 bridgehead atoms. The van der Waals surface area contributed by atoms with E-state index in [1.54, 1.807) is 18.2 Å². The Bertz CT molecular complexity index is 546. The Hall–Kier alpha value is -1.46. The molecule has 0 fully saturated rings. The molecule has 5 heteroatoms. The number of aldehydes is 1. The van der Waals surface area contributed by atoms with Gasteiger partial charge in [-0.1, -0.05) is 32.9 Å². The van der Waals surface area contributed by atoms with Crippen LogP contribution in [0, 0.1) is 0 Å². The minimum atomic E-state index is -1.81. The van der Waals surface area contributed by atoms with E-state index in [4.69, 9.17) is 9.16 Å². The molecule has 128 valence electrons. The number of carbonyl (C=O) groups is 2. The Labute approximate surface area is 140 Å². The molecule has 0 aliphatic carbocycles. The first-order chi connectivity index (χ1) is 10.6. The number of carbonyl (C=O) groups excluding carboxylic acids is 2. The summed E-state index contributed by atoms with van der Waals surface area (Å²) in [5.41, 5.74) is 1.28. The second-order valence-electron chi connectivity index (χ2n) is 7.26. The molecular weight excluding hydrogens is 308 g/mol. The lowest BCUT2D eigenvalue weighted by atomic mass is 9.96. The van der Waals surface area contributed by atoms with Crippen molar-refractivity contribution in [2.45, 2.75) is 51.2 Å². The summed E-state index contributed by atoms with van der Waals surface area (Å²) in [6.07, 6.45) is 1.53. The van der Waals surface area contributed by atoms with E-state index in [0.29, 0.717) is 18.6 Å². The lowest BCUT2D eigenvalue weighted by Gasteiger charge is -2.36. The third kappa shape index (κ3) is 5.29. The fourth-order valence-electron chi connectivity index (χ4n) is 1.98. The van der Waals surface area contributed by atoms with Gasteiger partial charge >= 0.3 is 5.97 Å². The van der Waals surface area contributed by atoms with Crippen LogP contribution in [-0.2, 0) is 14.0 Å². The third-order valence-electron chi connectivity index (χ3n) is 4.60. The van der Waals surface area contributed by atoms with Crippen molar-refractivity contribution in [3.05, 3.63) is 35.4 Å². The van der Waals surface area contributed by atoms with Gasteiger partial charge < -0.3 is 14.0 Å². The third-order valence-corrected chi connectivity index (χ3v) is 9.14. The van der Waals surface area contributed by atoms with Crippen LogP contribution in [0.25, 0.3) is 0 Å². The van der Waals surface area contributed by atoms with Crippen molar-refractivity contribution >= 4 is 20.6 Å². The van der Waals surface area contributed by atoms with Gasteiger partial charge in [0.05, 0.1) is 12.7 Å². The van der Waals surface area contributed by atoms with E-state index >= 15 is 0 Å². The fourth-order valence-corrected chi connectivity index (χ4v) is 3.05. The number of ether oxygens (including phenoxy) is 1. The van der Waals surface area contributed by atoms with Crippen LogP contribution in [0.1, 0.15) is 49.0 Å². The van der Waals surface area contributed by atoms with Crippen LogP contribution < -0.4 is 0 Å². The maximum Gasteiger partial charge on any atom is 0.337 e. The molecule has 0 aromatic heterocycles. The van der Waals surface area contributed by atoms with Crippen molar-refractivity contribution < 1.29 is 18.8 Å². The Kier molecular flexibility index (Phi) is 6.71. The van der Waals surface area contributed by atoms with Crippen LogP contribution in [0.15, 0.2) is 24.3 Å². The van der Waals surface area contributed by atoms with E-state index < -0.39 is 14.3 Å². The second-order valence-corrected chi connectivity index (χ2v) is 12.1. The van der Waals surface area contributed by atoms with Crippen LogP contribution in [0.5, 0.6) is 0 Å². The highest BCUT2D eigenvalue weighted by Crippen LogP contribution is 2.36. The second kappa shape index (κ2) is 7.88. The molecule has 0 aliphatic rings. The Balaban J connectivity index is 2.75. The summed E-state index contributed by atoms with van der Waals surface area (Å²) in [5, 5.41) is 0.147. The maximum atomic E-state index is 11.6. The molecule has 1 aromatic rings. The first-order valence-corrected chi connectivity index (χ1v) is 10.8. The SMILES string of the molecule is COC(=O)c1cccc(C(C=O)CCO[Si](C)(C)C(C)(C)C)c1. The molecular formula is C18H28O4Si. The molecule has 1 aromatic carbocycles. The number of rotatable bonds is 7. The van der Waals surface area contributed by atoms with Crippen LogP contribution in [0.2, 0.25) is 18.1 Å². The molecule has 23 heavy (non-hydrogen) atoms. The highest BCUT2D eigenvalue weighted by atomic mass is 28.4. The van der Waals surface area contributed by atoms with Crippen LogP contribution in [0.4, 0.5) is 0 Å². The van der Waals surface area contributed by atoms with Gasteiger partial charge in [0.2, 0.25) is 0 Å². The number of hydrogen-bond acceptors (Lipinski definition) is 4. The van der Waals surface area contributed by atoms with E-state index in [1.807, 2.05) is 6.07 Å². The van der Waals surface area contributed by atoms with Crippen molar-refractivity contribution in [1.29, 1.82) is 0 Å². The van der Waals surface area contributed by atoms with Gasteiger partial charge in [-0.25, -0.2) is 4.79 Å². The first kappa shape index (κ1) is 19.6. The topological polar surface area (TPSA) is 52.6 Å². The number of hydrogen-bond donors (Lipinski definition) is 0. The molecule has 1 unspecified atom stereocenters. The predicted molar refractivity (Wildman–Crippen MR) is 94.4 cm³/mol. The minimum absolute atomic E-state index is 0.147. The van der Waals surface area contributed by atoms with Gasteiger partial charge in [0.25, 0.3) is 0 Å². The monoisotopic (exact) mass is 336 g/mol. The number of methoxy groups -OCH3 is 1. The van der Waals surface area contributed by atoms with Gasteiger partial charge in [0.15, 0.2) is 8.32 Å². The summed E-state index contributed by atoms with van der Waals surface area (Å²) in [4.78, 5) is 23.1. The van der Waals surface area contributed by atoms with Crippen molar-refractivity contribution in [3.63, 3.8) is 0 Å². The van der Waals surface area contributed by atoms with Gasteiger partial charge in [-0.2, -0.15) is 0 Å². The van der Waals surface area contributed by atoms with Gasteiger partial charge in [0.1, 0.15) is 6.29 Å². The van der Waals surface area contributed by atoms with Gasteiger partial charge in [0, 0.05) is 12.5 Å². The summed E-state index contributed by atoms with van der Waals surface area (Å²) in [6, 6.07) is 7.03. The molecule has 0 aliphatic heterocycles. The quantitative estimate of drug-likeness (QED) is 0.426. The summed E-state index contributed by atoms with van der Waals surface area (Å²) in [6.45, 7) is 11.5. The van der Waals surface area contributed by atoms with Gasteiger partial charge in [-0.3, -0.25) is 0 Å². The van der Waals surface area contributed by atoms with E-state index in [2.05, 4.69) is 33.9 Å². The van der Waals surface area contributed by atoms with Crippen molar-refractivity contribution in [2.75, 3.05) is 13.7 Å². The molecule has 0 spiro atoms. The van der Waals surface area contributed by atoms with E-state index in [1.165, 1.54) is 7.11 Å². The van der Waals surface area contributed by atoms with Crippen molar-refractivity contribution in [3.8, 4) is 0 Å². The molecule has 0 N–H and O–H groups in total. The molecule has 0 saturated carbocycles. The largest absolute Gasteiger partial charge is 0.465 e. The maximum absolute atomic E-state index is 11.6. The van der Waals surface area contributed by atoms with Crippen molar-refractivity contribution in [1.82, 2.24) is 0 Å². The summed E-state index contributed by atoms with van der Waals surface area (Å²) in [7, 11) is -0.464. The van der Waals surface area contributed by atoms with Gasteiger partial charge in [-0.15, -0.1) is 0 Å². The molecule has 0 radical (unpaired) electrons. The Morgan fingerprint density at radius 1 is 1.30 bits per heavy atom. The van der Waals surface area contributed by atoms with Crippen LogP contribution in [0.3, 0.4) is 0 Å². The van der Waals surface area contributed by atoms with E-state index in [0.717, 1.165) is 11.8 Å². The summed E-state index contributed by atoms with van der Waals surface area (Å²) < 4.78 is 10.9. The normalized spacial score (nSPS) is 13.5. The zero-order valence-corrected chi connectivity index (χ0v) is 16.0. The average Bonchev–Trinajstić information content (AvgIpc) is 2.49. The number of esters is 1. The molecule has 0 heterocycles. The summed E-state index contributed by atoms with van der Waals surface area (Å²) >= 11 is 0.